The molecule has 0 atom stereocenters. The van der Waals surface area contributed by atoms with Crippen molar-refractivity contribution in [2.24, 2.45) is 7.05 Å². The smallest absolute Gasteiger partial charge is 0.209 e. The van der Waals surface area contributed by atoms with Crippen molar-refractivity contribution in [1.82, 2.24) is 14.7 Å². The number of rotatable bonds is 2. The van der Waals surface area contributed by atoms with Crippen molar-refractivity contribution < 1.29 is 9.90 Å². The highest BCUT2D eigenvalue weighted by Crippen LogP contribution is 2.36. The van der Waals surface area contributed by atoms with Gasteiger partial charge < -0.3 is 10.0 Å². The summed E-state index contributed by atoms with van der Waals surface area (Å²) in [6.07, 6.45) is 4.81. The van der Waals surface area contributed by atoms with Crippen molar-refractivity contribution in [3.05, 3.63) is 16.4 Å². The third kappa shape index (κ3) is 5.64. The van der Waals surface area contributed by atoms with E-state index in [-0.39, 0.29) is 0 Å². The molecule has 1 heterocycles. The van der Waals surface area contributed by atoms with E-state index in [0.29, 0.717) is 0 Å². The molecule has 0 aliphatic heterocycles. The third-order valence-corrected chi connectivity index (χ3v) is 3.01. The first kappa shape index (κ1) is 17.1. The number of hydrogen-bond donors (Lipinski definition) is 1. The lowest BCUT2D eigenvalue weighted by atomic mass is 9.83. The maximum absolute atomic E-state index is 9.43. The Morgan fingerprint density at radius 1 is 1.50 bits per heavy atom. The zero-order valence-electron chi connectivity index (χ0n) is 11.4. The fraction of sp³-hybridized carbons (Fsp3) is 0.667. The molecule has 18 heavy (non-hydrogen) atoms. The summed E-state index contributed by atoms with van der Waals surface area (Å²) in [5, 5.41) is 11.2. The van der Waals surface area contributed by atoms with Crippen LogP contribution in [0, 0.1) is 0 Å². The molecule has 1 fully saturated rings. The molecular formula is C12H22BrN3O2. The molecule has 1 aliphatic carbocycles. The van der Waals surface area contributed by atoms with Gasteiger partial charge in [-0.2, -0.15) is 5.10 Å². The minimum atomic E-state index is 0.750. The van der Waals surface area contributed by atoms with E-state index >= 15 is 0 Å². The molecule has 0 unspecified atom stereocenters. The molecule has 0 saturated heterocycles. The van der Waals surface area contributed by atoms with Crippen LogP contribution >= 0.6 is 15.9 Å². The number of halogens is 1. The lowest BCUT2D eigenvalue weighted by Crippen LogP contribution is -2.12. The normalized spacial score (nSPS) is 13.4. The fourth-order valence-electron chi connectivity index (χ4n) is 1.53. The van der Waals surface area contributed by atoms with Crippen molar-refractivity contribution >= 4 is 22.3 Å². The predicted octanol–water partition coefficient (Wildman–Crippen LogP) is 1.76. The number of hydrogen-bond acceptors (Lipinski definition) is 3. The zero-order valence-corrected chi connectivity index (χ0v) is 13.0. The number of aryl methyl sites for hydroxylation is 1. The van der Waals surface area contributed by atoms with Crippen molar-refractivity contribution in [2.75, 3.05) is 21.2 Å². The van der Waals surface area contributed by atoms with Crippen LogP contribution in [-0.4, -0.2) is 47.4 Å². The van der Waals surface area contributed by atoms with E-state index < -0.39 is 0 Å². The molecule has 6 heteroatoms. The van der Waals surface area contributed by atoms with Gasteiger partial charge in [0.25, 0.3) is 0 Å². The van der Waals surface area contributed by atoms with Crippen LogP contribution in [0.25, 0.3) is 0 Å². The zero-order chi connectivity index (χ0) is 14.1. The molecule has 1 aliphatic rings. The van der Waals surface area contributed by atoms with E-state index in [4.69, 9.17) is 5.11 Å². The van der Waals surface area contributed by atoms with Gasteiger partial charge in [0.2, 0.25) is 6.41 Å². The van der Waals surface area contributed by atoms with E-state index in [1.807, 2.05) is 11.7 Å². The Labute approximate surface area is 117 Å². The average Bonchev–Trinajstić information content (AvgIpc) is 2.59. The first-order chi connectivity index (χ1) is 8.54. The Morgan fingerprint density at radius 2 is 2.00 bits per heavy atom. The summed E-state index contributed by atoms with van der Waals surface area (Å²) in [7, 11) is 6.39. The van der Waals surface area contributed by atoms with Gasteiger partial charge in [0.15, 0.2) is 0 Å². The molecule has 1 saturated carbocycles. The highest BCUT2D eigenvalue weighted by molar-refractivity contribution is 9.10. The average molecular weight is 320 g/mol. The van der Waals surface area contributed by atoms with Crippen LogP contribution in [0.4, 0.5) is 0 Å². The van der Waals surface area contributed by atoms with Crippen LogP contribution in [0.3, 0.4) is 0 Å². The summed E-state index contributed by atoms with van der Waals surface area (Å²) in [4.78, 5) is 10.9. The predicted molar refractivity (Wildman–Crippen MR) is 75.4 cm³/mol. The maximum atomic E-state index is 9.43. The first-order valence-electron chi connectivity index (χ1n) is 5.80. The van der Waals surface area contributed by atoms with E-state index in [2.05, 4.69) is 27.1 Å². The van der Waals surface area contributed by atoms with Gasteiger partial charge in [-0.25, -0.2) is 0 Å². The number of carbonyl (C=O) groups is 1. The lowest BCUT2D eigenvalue weighted by Gasteiger charge is -2.24. The minimum absolute atomic E-state index is 0.750. The largest absolute Gasteiger partial charge is 0.400 e. The van der Waals surface area contributed by atoms with Crippen molar-refractivity contribution in [1.29, 1.82) is 0 Å². The quantitative estimate of drug-likeness (QED) is 0.845. The van der Waals surface area contributed by atoms with Crippen molar-refractivity contribution in [3.63, 3.8) is 0 Å². The molecule has 0 spiro atoms. The van der Waals surface area contributed by atoms with E-state index in [9.17, 15) is 4.79 Å². The van der Waals surface area contributed by atoms with E-state index in [1.165, 1.54) is 29.9 Å². The number of aliphatic hydroxyl groups excluding tert-OH is 1. The number of nitrogens with zero attached hydrogens (tertiary/aromatic N) is 3. The Morgan fingerprint density at radius 3 is 2.22 bits per heavy atom. The number of aliphatic hydroxyl groups is 1. The summed E-state index contributed by atoms with van der Waals surface area (Å²) in [5.41, 5.74) is 1.38. The highest BCUT2D eigenvalue weighted by atomic mass is 79.9. The SMILES string of the molecule is CN(C)C=O.CO.Cn1nc(Br)cc1C1CCC1. The molecule has 2 rings (SSSR count). The van der Waals surface area contributed by atoms with E-state index in [0.717, 1.165) is 24.0 Å². The van der Waals surface area contributed by atoms with Gasteiger partial charge in [-0.05, 0) is 34.8 Å². The first-order valence-corrected chi connectivity index (χ1v) is 6.59. The summed E-state index contributed by atoms with van der Waals surface area (Å²) >= 11 is 3.37. The summed E-state index contributed by atoms with van der Waals surface area (Å²) in [5.74, 6) is 0.777. The Bertz CT molecular complexity index is 349. The van der Waals surface area contributed by atoms with Gasteiger partial charge in [0.05, 0.1) is 0 Å². The molecule has 1 N–H and O–H groups in total. The summed E-state index contributed by atoms with van der Waals surface area (Å²) in [6, 6.07) is 2.13. The summed E-state index contributed by atoms with van der Waals surface area (Å²) < 4.78 is 2.94. The monoisotopic (exact) mass is 319 g/mol. The van der Waals surface area contributed by atoms with Gasteiger partial charge in [-0.15, -0.1) is 0 Å². The van der Waals surface area contributed by atoms with Crippen LogP contribution < -0.4 is 0 Å². The molecule has 0 radical (unpaired) electrons. The van der Waals surface area contributed by atoms with Crippen LogP contribution in [0.15, 0.2) is 10.7 Å². The maximum Gasteiger partial charge on any atom is 0.209 e. The van der Waals surface area contributed by atoms with Gasteiger partial charge in [-0.1, -0.05) is 6.42 Å². The van der Waals surface area contributed by atoms with Gasteiger partial charge in [0, 0.05) is 39.9 Å². The molecule has 1 aromatic heterocycles. The van der Waals surface area contributed by atoms with Gasteiger partial charge in [-0.3, -0.25) is 9.48 Å². The molecule has 1 aromatic rings. The Hall–Kier alpha value is -0.880. The second-order valence-electron chi connectivity index (χ2n) is 4.21. The van der Waals surface area contributed by atoms with E-state index in [1.54, 1.807) is 14.1 Å². The van der Waals surface area contributed by atoms with Crippen molar-refractivity contribution in [3.8, 4) is 0 Å². The standard InChI is InChI=1S/C8H11BrN2.C3H7NO.CH4O/c1-11-7(5-8(9)10-11)6-3-2-4-6;1-4(2)3-5;1-2/h5-6H,2-4H2,1H3;3H,1-2H3;2H,1H3. The number of carbonyl (C=O) groups excluding carboxylic acids is 1. The second kappa shape index (κ2) is 9.10. The fourth-order valence-corrected chi connectivity index (χ4v) is 2.00. The molecule has 1 amide bonds. The third-order valence-electron chi connectivity index (χ3n) is 2.62. The number of amides is 1. The highest BCUT2D eigenvalue weighted by Gasteiger charge is 2.22. The molecule has 104 valence electrons. The van der Waals surface area contributed by atoms with Gasteiger partial charge >= 0.3 is 0 Å². The van der Waals surface area contributed by atoms with Crippen LogP contribution in [0.5, 0.6) is 0 Å². The molecule has 0 bridgehead atoms. The van der Waals surface area contributed by atoms with Crippen molar-refractivity contribution in [2.45, 2.75) is 25.2 Å². The second-order valence-corrected chi connectivity index (χ2v) is 5.02. The number of aromatic nitrogens is 2. The molecule has 5 nitrogen and oxygen atoms in total. The van der Waals surface area contributed by atoms with Gasteiger partial charge in [0.1, 0.15) is 4.60 Å². The van der Waals surface area contributed by atoms with Crippen LogP contribution in [0.1, 0.15) is 30.9 Å². The van der Waals surface area contributed by atoms with Crippen LogP contribution in [-0.2, 0) is 11.8 Å². The molecular weight excluding hydrogens is 298 g/mol. The lowest BCUT2D eigenvalue weighted by molar-refractivity contribution is -0.115. The van der Waals surface area contributed by atoms with Crippen LogP contribution in [0.2, 0.25) is 0 Å². The molecule has 0 aromatic carbocycles. The minimum Gasteiger partial charge on any atom is -0.400 e. The Kier molecular flexibility index (Phi) is 8.66. The Balaban J connectivity index is 0.000000354. The summed E-state index contributed by atoms with van der Waals surface area (Å²) in [6.45, 7) is 0. The topological polar surface area (TPSA) is 58.4 Å².